The Morgan fingerprint density at radius 1 is 1.19 bits per heavy atom. The van der Waals surface area contributed by atoms with Crippen LogP contribution in [0, 0.1) is 5.82 Å². The predicted molar refractivity (Wildman–Crippen MR) is 138 cm³/mol. The van der Waals surface area contributed by atoms with Gasteiger partial charge in [-0.25, -0.2) is 23.5 Å². The highest BCUT2D eigenvalue weighted by atomic mass is 35.5. The van der Waals surface area contributed by atoms with Gasteiger partial charge in [-0.05, 0) is 39.0 Å². The van der Waals surface area contributed by atoms with Crippen molar-refractivity contribution in [3.05, 3.63) is 46.5 Å². The van der Waals surface area contributed by atoms with Gasteiger partial charge < -0.3 is 24.4 Å². The van der Waals surface area contributed by atoms with E-state index in [0.717, 1.165) is 0 Å². The van der Waals surface area contributed by atoms with E-state index in [2.05, 4.69) is 15.3 Å². The number of carbonyl (C=O) groups excluding carboxylic acids is 1. The Kier molecular flexibility index (Phi) is 7.80. The second kappa shape index (κ2) is 10.7. The number of anilines is 2. The molecule has 4 rings (SSSR count). The van der Waals surface area contributed by atoms with Gasteiger partial charge in [-0.1, -0.05) is 23.2 Å². The zero-order valence-electron chi connectivity index (χ0n) is 20.6. The van der Waals surface area contributed by atoms with E-state index in [4.69, 9.17) is 37.4 Å². The second-order valence-corrected chi connectivity index (χ2v) is 10.3. The molecular formula is C25H26Cl2F2N4O4. The summed E-state index contributed by atoms with van der Waals surface area (Å²) in [6, 6.07) is 6.11. The van der Waals surface area contributed by atoms with Gasteiger partial charge in [-0.2, -0.15) is 0 Å². The maximum absolute atomic E-state index is 15.1. The second-order valence-electron chi connectivity index (χ2n) is 9.48. The summed E-state index contributed by atoms with van der Waals surface area (Å²) in [6.07, 6.45) is -1.31. The van der Waals surface area contributed by atoms with Crippen LogP contribution in [0.5, 0.6) is 11.5 Å². The summed E-state index contributed by atoms with van der Waals surface area (Å²) in [5.74, 6) is 0.120. The maximum Gasteiger partial charge on any atom is 0.410 e. The van der Waals surface area contributed by atoms with Crippen molar-refractivity contribution in [3.63, 3.8) is 0 Å². The molecule has 37 heavy (non-hydrogen) atoms. The quantitative estimate of drug-likeness (QED) is 0.357. The summed E-state index contributed by atoms with van der Waals surface area (Å²) in [7, 11) is 1.46. The molecule has 0 aliphatic carbocycles. The molecule has 1 saturated heterocycles. The van der Waals surface area contributed by atoms with Crippen LogP contribution in [0.25, 0.3) is 10.9 Å². The van der Waals surface area contributed by atoms with Crippen LogP contribution in [0.2, 0.25) is 10.0 Å². The Hall–Kier alpha value is -3.11. The number of hydrogen-bond donors (Lipinski definition) is 1. The number of likely N-dealkylation sites (tertiary alicyclic amines) is 1. The van der Waals surface area contributed by atoms with Gasteiger partial charge in [0.25, 0.3) is 0 Å². The minimum Gasteiger partial charge on any atom is -0.493 e. The Morgan fingerprint density at radius 2 is 1.95 bits per heavy atom. The molecule has 2 heterocycles. The monoisotopic (exact) mass is 554 g/mol. The summed E-state index contributed by atoms with van der Waals surface area (Å²) >= 11 is 11.8. The first-order valence-electron chi connectivity index (χ1n) is 11.5. The van der Waals surface area contributed by atoms with Gasteiger partial charge in [0, 0.05) is 24.4 Å². The van der Waals surface area contributed by atoms with E-state index in [-0.39, 0.29) is 46.8 Å². The number of alkyl halides is 1. The SMILES string of the molecule is COc1cc2ncnc(Nc3ccc(Cl)c(Cl)c3F)c2cc1O[C@H]1CCN(C(=O)OC(C)(C)C)C[C@@H]1F. The average Bonchev–Trinajstić information content (AvgIpc) is 2.84. The molecule has 1 aliphatic rings. The molecule has 1 amide bonds. The van der Waals surface area contributed by atoms with Crippen LogP contribution < -0.4 is 14.8 Å². The molecule has 8 nitrogen and oxygen atoms in total. The molecule has 198 valence electrons. The molecule has 0 saturated carbocycles. The predicted octanol–water partition coefficient (Wildman–Crippen LogP) is 6.55. The Balaban J connectivity index is 1.58. The van der Waals surface area contributed by atoms with Gasteiger partial charge >= 0.3 is 6.09 Å². The molecule has 0 radical (unpaired) electrons. The molecule has 2 atom stereocenters. The van der Waals surface area contributed by atoms with Crippen molar-refractivity contribution in [2.45, 2.75) is 45.1 Å². The third-order valence-corrected chi connectivity index (χ3v) is 6.40. The molecule has 3 aromatic rings. The minimum absolute atomic E-state index is 0.0611. The Morgan fingerprint density at radius 3 is 2.62 bits per heavy atom. The number of carbonyl (C=O) groups is 1. The Bertz CT molecular complexity index is 1320. The highest BCUT2D eigenvalue weighted by Gasteiger charge is 2.35. The fraction of sp³-hybridized carbons (Fsp3) is 0.400. The number of rotatable bonds is 5. The van der Waals surface area contributed by atoms with Crippen LogP contribution in [0.1, 0.15) is 27.2 Å². The summed E-state index contributed by atoms with van der Waals surface area (Å²) in [4.78, 5) is 22.1. The van der Waals surface area contributed by atoms with E-state index in [1.165, 1.54) is 30.5 Å². The first-order chi connectivity index (χ1) is 17.5. The number of aromatic nitrogens is 2. The number of piperidine rings is 1. The van der Waals surface area contributed by atoms with Crippen LogP contribution in [0.4, 0.5) is 25.1 Å². The standard InChI is InChI=1S/C25H26Cl2F2N4O4/c1-25(2,3)37-24(34)33-8-7-18(15(28)11-33)36-20-9-13-17(10-19(20)35-4)30-12-31-23(13)32-16-6-5-14(26)21(27)22(16)29/h5-6,9-10,12,15,18H,7-8,11H2,1-4H3,(H,30,31,32)/t15-,18-/m0/s1. The fourth-order valence-electron chi connectivity index (χ4n) is 3.84. The van der Waals surface area contributed by atoms with Crippen molar-refractivity contribution in [1.29, 1.82) is 0 Å². The van der Waals surface area contributed by atoms with E-state index < -0.39 is 29.8 Å². The molecule has 1 aliphatic heterocycles. The number of fused-ring (bicyclic) bond motifs is 1. The van der Waals surface area contributed by atoms with Crippen molar-refractivity contribution in [2.24, 2.45) is 0 Å². The van der Waals surface area contributed by atoms with Gasteiger partial charge in [-0.15, -0.1) is 0 Å². The summed E-state index contributed by atoms with van der Waals surface area (Å²) in [5.41, 5.74) is -0.132. The number of halogens is 4. The maximum atomic E-state index is 15.1. The molecule has 12 heteroatoms. The lowest BCUT2D eigenvalue weighted by Gasteiger charge is -2.35. The van der Waals surface area contributed by atoms with Gasteiger partial charge in [0.15, 0.2) is 23.5 Å². The molecule has 1 fully saturated rings. The van der Waals surface area contributed by atoms with Crippen molar-refractivity contribution < 1.29 is 27.8 Å². The largest absolute Gasteiger partial charge is 0.493 e. The molecule has 1 aromatic heterocycles. The smallest absolute Gasteiger partial charge is 0.410 e. The number of methoxy groups -OCH3 is 1. The first-order valence-corrected chi connectivity index (χ1v) is 12.2. The summed E-state index contributed by atoms with van der Waals surface area (Å²) in [6.45, 7) is 5.36. The topological polar surface area (TPSA) is 85.8 Å². The normalized spacial score (nSPS) is 18.0. The summed E-state index contributed by atoms with van der Waals surface area (Å²) in [5, 5.41) is 3.24. The number of amides is 1. The van der Waals surface area contributed by atoms with Crippen molar-refractivity contribution >= 4 is 51.7 Å². The molecule has 0 spiro atoms. The van der Waals surface area contributed by atoms with E-state index in [1.54, 1.807) is 32.9 Å². The van der Waals surface area contributed by atoms with E-state index in [9.17, 15) is 9.18 Å². The van der Waals surface area contributed by atoms with Crippen molar-refractivity contribution in [2.75, 3.05) is 25.5 Å². The van der Waals surface area contributed by atoms with Gasteiger partial charge in [-0.3, -0.25) is 0 Å². The lowest BCUT2D eigenvalue weighted by molar-refractivity contribution is -0.0109. The van der Waals surface area contributed by atoms with Crippen molar-refractivity contribution in [1.82, 2.24) is 14.9 Å². The minimum atomic E-state index is -1.46. The fourth-order valence-corrected chi connectivity index (χ4v) is 4.15. The molecule has 2 aromatic carbocycles. The van der Waals surface area contributed by atoms with Gasteiger partial charge in [0.1, 0.15) is 23.9 Å². The van der Waals surface area contributed by atoms with Crippen LogP contribution in [0.3, 0.4) is 0 Å². The van der Waals surface area contributed by atoms with Crippen LogP contribution in [-0.2, 0) is 4.74 Å². The number of nitrogens with zero attached hydrogens (tertiary/aromatic N) is 3. The molecule has 0 bridgehead atoms. The van der Waals surface area contributed by atoms with Crippen LogP contribution >= 0.6 is 23.2 Å². The van der Waals surface area contributed by atoms with E-state index >= 15 is 4.39 Å². The van der Waals surface area contributed by atoms with Gasteiger partial charge in [0.2, 0.25) is 0 Å². The molecule has 1 N–H and O–H groups in total. The zero-order chi connectivity index (χ0) is 26.9. The van der Waals surface area contributed by atoms with Crippen LogP contribution in [0.15, 0.2) is 30.6 Å². The van der Waals surface area contributed by atoms with Crippen LogP contribution in [-0.4, -0.2) is 59.0 Å². The number of benzene rings is 2. The van der Waals surface area contributed by atoms with Crippen molar-refractivity contribution in [3.8, 4) is 11.5 Å². The third-order valence-electron chi connectivity index (χ3n) is 5.62. The zero-order valence-corrected chi connectivity index (χ0v) is 22.2. The van der Waals surface area contributed by atoms with E-state index in [0.29, 0.717) is 16.7 Å². The number of nitrogens with one attached hydrogen (secondary N) is 1. The first kappa shape index (κ1) is 26.9. The highest BCUT2D eigenvalue weighted by Crippen LogP contribution is 2.38. The number of ether oxygens (including phenoxy) is 3. The average molecular weight is 555 g/mol. The third kappa shape index (κ3) is 6.07. The molecule has 0 unspecified atom stereocenters. The number of hydrogen-bond acceptors (Lipinski definition) is 7. The lowest BCUT2D eigenvalue weighted by Crippen LogP contribution is -2.50. The van der Waals surface area contributed by atoms with Gasteiger partial charge in [0.05, 0.1) is 34.9 Å². The lowest BCUT2D eigenvalue weighted by atomic mass is 10.1. The summed E-state index contributed by atoms with van der Waals surface area (Å²) < 4.78 is 46.5. The molecular weight excluding hydrogens is 529 g/mol. The van der Waals surface area contributed by atoms with E-state index in [1.807, 2.05) is 0 Å². The Labute approximate surface area is 222 Å². The highest BCUT2D eigenvalue weighted by molar-refractivity contribution is 6.42.